The lowest BCUT2D eigenvalue weighted by Crippen LogP contribution is -2.25. The van der Waals surface area contributed by atoms with Gasteiger partial charge in [0.05, 0.1) is 0 Å². The maximum absolute atomic E-state index is 5.73. The van der Waals surface area contributed by atoms with E-state index in [0.717, 1.165) is 17.9 Å². The van der Waals surface area contributed by atoms with E-state index in [1.807, 2.05) is 6.92 Å². The van der Waals surface area contributed by atoms with Crippen LogP contribution >= 0.6 is 0 Å². The van der Waals surface area contributed by atoms with Crippen molar-refractivity contribution in [3.8, 4) is 5.75 Å². The average molecular weight is 259 g/mol. The van der Waals surface area contributed by atoms with E-state index in [1.165, 1.54) is 36.8 Å². The van der Waals surface area contributed by atoms with E-state index in [1.54, 1.807) is 0 Å². The molecule has 1 aromatic rings. The Hall–Kier alpha value is -1.28. The molecule has 2 heteroatoms. The van der Waals surface area contributed by atoms with Gasteiger partial charge in [-0.1, -0.05) is 19.6 Å². The monoisotopic (exact) mass is 259 g/mol. The lowest BCUT2D eigenvalue weighted by Gasteiger charge is -2.27. The zero-order valence-electron chi connectivity index (χ0n) is 12.2. The maximum Gasteiger partial charge on any atom is 0.120 e. The fourth-order valence-corrected chi connectivity index (χ4v) is 2.62. The van der Waals surface area contributed by atoms with Gasteiger partial charge in [0.25, 0.3) is 0 Å². The van der Waals surface area contributed by atoms with Crippen LogP contribution in [0.5, 0.6) is 5.75 Å². The molecule has 0 fully saturated rings. The normalized spacial score (nSPS) is 17.9. The number of rotatable bonds is 6. The number of aryl methyl sites for hydroxylation is 1. The third-order valence-corrected chi connectivity index (χ3v) is 3.55. The highest BCUT2D eigenvalue weighted by molar-refractivity contribution is 5.39. The molecule has 104 valence electrons. The van der Waals surface area contributed by atoms with Gasteiger partial charge in [-0.05, 0) is 68.0 Å². The molecule has 1 aromatic carbocycles. The molecule has 1 unspecified atom stereocenters. The van der Waals surface area contributed by atoms with Crippen LogP contribution in [0.3, 0.4) is 0 Å². The van der Waals surface area contributed by atoms with E-state index in [0.29, 0.717) is 12.6 Å². The summed E-state index contributed by atoms with van der Waals surface area (Å²) in [6.07, 6.45) is 4.87. The van der Waals surface area contributed by atoms with Gasteiger partial charge in [0.15, 0.2) is 0 Å². The lowest BCUT2D eigenvalue weighted by atomic mass is 9.87. The molecule has 19 heavy (non-hydrogen) atoms. The minimum absolute atomic E-state index is 0.527. The number of ether oxygens (including phenoxy) is 1. The quantitative estimate of drug-likeness (QED) is 0.779. The molecular weight excluding hydrogens is 234 g/mol. The standard InChI is InChI=1S/C17H25NO/c1-4-10-18-17-7-5-6-14-11-15(8-9-16(14)17)19-12-13(2)3/h8-9,11,17-18H,2,4-7,10,12H2,1,3H3. The van der Waals surface area contributed by atoms with Crippen LogP contribution in [0.4, 0.5) is 0 Å². The maximum atomic E-state index is 5.73. The summed E-state index contributed by atoms with van der Waals surface area (Å²) in [7, 11) is 0. The summed E-state index contributed by atoms with van der Waals surface area (Å²) in [5.74, 6) is 0.970. The predicted molar refractivity (Wildman–Crippen MR) is 80.7 cm³/mol. The molecule has 1 atom stereocenters. The summed E-state index contributed by atoms with van der Waals surface area (Å²) in [5.41, 5.74) is 3.96. The van der Waals surface area contributed by atoms with Crippen LogP contribution in [0.2, 0.25) is 0 Å². The molecule has 2 rings (SSSR count). The highest BCUT2D eigenvalue weighted by Crippen LogP contribution is 2.32. The smallest absolute Gasteiger partial charge is 0.120 e. The van der Waals surface area contributed by atoms with E-state index in [-0.39, 0.29) is 0 Å². The Kier molecular flexibility index (Phi) is 5.03. The Morgan fingerprint density at radius 1 is 1.47 bits per heavy atom. The minimum Gasteiger partial charge on any atom is -0.489 e. The molecule has 0 spiro atoms. The van der Waals surface area contributed by atoms with Crippen molar-refractivity contribution in [2.24, 2.45) is 0 Å². The highest BCUT2D eigenvalue weighted by Gasteiger charge is 2.19. The van der Waals surface area contributed by atoms with E-state index in [9.17, 15) is 0 Å². The van der Waals surface area contributed by atoms with Gasteiger partial charge in [-0.15, -0.1) is 0 Å². The predicted octanol–water partition coefficient (Wildman–Crippen LogP) is 4.02. The van der Waals surface area contributed by atoms with Gasteiger partial charge in [-0.2, -0.15) is 0 Å². The van der Waals surface area contributed by atoms with Crippen LogP contribution in [0.25, 0.3) is 0 Å². The summed E-state index contributed by atoms with van der Waals surface area (Å²) in [6.45, 7) is 9.77. The summed E-state index contributed by atoms with van der Waals surface area (Å²) >= 11 is 0. The van der Waals surface area contributed by atoms with Crippen LogP contribution in [-0.4, -0.2) is 13.2 Å². The number of fused-ring (bicyclic) bond motifs is 1. The summed E-state index contributed by atoms with van der Waals surface area (Å²) in [4.78, 5) is 0. The first-order valence-corrected chi connectivity index (χ1v) is 7.34. The second-order valence-corrected chi connectivity index (χ2v) is 5.51. The minimum atomic E-state index is 0.527. The number of benzene rings is 1. The van der Waals surface area contributed by atoms with Crippen molar-refractivity contribution in [3.63, 3.8) is 0 Å². The van der Waals surface area contributed by atoms with Gasteiger partial charge >= 0.3 is 0 Å². The Morgan fingerprint density at radius 3 is 3.05 bits per heavy atom. The fourth-order valence-electron chi connectivity index (χ4n) is 2.62. The Morgan fingerprint density at radius 2 is 2.32 bits per heavy atom. The van der Waals surface area contributed by atoms with Gasteiger partial charge < -0.3 is 10.1 Å². The van der Waals surface area contributed by atoms with E-state index < -0.39 is 0 Å². The molecule has 0 saturated heterocycles. The van der Waals surface area contributed by atoms with Crippen molar-refractivity contribution in [1.29, 1.82) is 0 Å². The Bertz CT molecular complexity index is 439. The van der Waals surface area contributed by atoms with Crippen LogP contribution in [-0.2, 0) is 6.42 Å². The van der Waals surface area contributed by atoms with Gasteiger partial charge in [0.1, 0.15) is 12.4 Å². The fraction of sp³-hybridized carbons (Fsp3) is 0.529. The third-order valence-electron chi connectivity index (χ3n) is 3.55. The van der Waals surface area contributed by atoms with Crippen molar-refractivity contribution in [2.75, 3.05) is 13.2 Å². The lowest BCUT2D eigenvalue weighted by molar-refractivity contribution is 0.351. The van der Waals surface area contributed by atoms with Crippen LogP contribution in [0, 0.1) is 0 Å². The van der Waals surface area contributed by atoms with Gasteiger partial charge in [0.2, 0.25) is 0 Å². The molecule has 0 bridgehead atoms. The first-order valence-electron chi connectivity index (χ1n) is 7.34. The molecule has 1 N–H and O–H groups in total. The second kappa shape index (κ2) is 6.76. The largest absolute Gasteiger partial charge is 0.489 e. The highest BCUT2D eigenvalue weighted by atomic mass is 16.5. The molecule has 2 nitrogen and oxygen atoms in total. The number of nitrogens with one attached hydrogen (secondary N) is 1. The SMILES string of the molecule is C=C(C)COc1ccc2c(c1)CCCC2NCCC. The van der Waals surface area contributed by atoms with E-state index in [2.05, 4.69) is 37.0 Å². The van der Waals surface area contributed by atoms with Crippen molar-refractivity contribution in [2.45, 2.75) is 45.6 Å². The molecule has 0 heterocycles. The Labute approximate surface area is 116 Å². The molecule has 1 aliphatic rings. The molecule has 0 radical (unpaired) electrons. The van der Waals surface area contributed by atoms with Gasteiger partial charge in [0, 0.05) is 6.04 Å². The Balaban J connectivity index is 2.09. The molecule has 0 amide bonds. The van der Waals surface area contributed by atoms with E-state index >= 15 is 0 Å². The summed E-state index contributed by atoms with van der Waals surface area (Å²) in [5, 5.41) is 3.64. The summed E-state index contributed by atoms with van der Waals surface area (Å²) < 4.78 is 5.73. The van der Waals surface area contributed by atoms with Crippen molar-refractivity contribution in [1.82, 2.24) is 5.32 Å². The molecule has 0 saturated carbocycles. The average Bonchev–Trinajstić information content (AvgIpc) is 2.42. The number of hydrogen-bond acceptors (Lipinski definition) is 2. The van der Waals surface area contributed by atoms with Crippen molar-refractivity contribution >= 4 is 0 Å². The van der Waals surface area contributed by atoms with Crippen molar-refractivity contribution < 1.29 is 4.74 Å². The zero-order valence-corrected chi connectivity index (χ0v) is 12.2. The molecule has 0 aliphatic heterocycles. The second-order valence-electron chi connectivity index (χ2n) is 5.51. The van der Waals surface area contributed by atoms with Crippen LogP contribution in [0.15, 0.2) is 30.4 Å². The topological polar surface area (TPSA) is 21.3 Å². The van der Waals surface area contributed by atoms with Crippen molar-refractivity contribution in [3.05, 3.63) is 41.5 Å². The summed E-state index contributed by atoms with van der Waals surface area (Å²) in [6, 6.07) is 7.06. The molecule has 0 aromatic heterocycles. The van der Waals surface area contributed by atoms with Crippen LogP contribution < -0.4 is 10.1 Å². The first kappa shape index (κ1) is 14.1. The van der Waals surface area contributed by atoms with Gasteiger partial charge in [-0.25, -0.2) is 0 Å². The molecule has 1 aliphatic carbocycles. The van der Waals surface area contributed by atoms with Crippen LogP contribution in [0.1, 0.15) is 50.3 Å². The number of hydrogen-bond donors (Lipinski definition) is 1. The zero-order chi connectivity index (χ0) is 13.7. The van der Waals surface area contributed by atoms with E-state index in [4.69, 9.17) is 4.74 Å². The first-order chi connectivity index (χ1) is 9.20. The molecular formula is C17H25NO. The third kappa shape index (κ3) is 3.84. The van der Waals surface area contributed by atoms with Gasteiger partial charge in [-0.3, -0.25) is 0 Å².